The van der Waals surface area contributed by atoms with Gasteiger partial charge in [-0.3, -0.25) is 19.3 Å². The molecule has 1 aromatic heterocycles. The van der Waals surface area contributed by atoms with Crippen molar-refractivity contribution in [1.29, 1.82) is 0 Å². The van der Waals surface area contributed by atoms with E-state index in [0.717, 1.165) is 37.9 Å². The minimum atomic E-state index is -0.392. The number of benzene rings is 1. The predicted octanol–water partition coefficient (Wildman–Crippen LogP) is 6.19. The molecule has 0 bridgehead atoms. The van der Waals surface area contributed by atoms with Crippen molar-refractivity contribution in [3.8, 4) is 11.3 Å². The summed E-state index contributed by atoms with van der Waals surface area (Å²) in [6.45, 7) is 13.3. The van der Waals surface area contributed by atoms with Crippen LogP contribution in [0.3, 0.4) is 0 Å². The molecule has 1 aliphatic rings. The number of ketones is 3. The number of hydrogen-bond acceptors (Lipinski definition) is 7. The van der Waals surface area contributed by atoms with Crippen LogP contribution in [0.25, 0.3) is 11.3 Å². The zero-order valence-electron chi connectivity index (χ0n) is 25.6. The van der Waals surface area contributed by atoms with Crippen LogP contribution in [0.5, 0.6) is 0 Å². The maximum absolute atomic E-state index is 15.3. The molecule has 8 heteroatoms. The number of piperidine rings is 1. The van der Waals surface area contributed by atoms with E-state index < -0.39 is 5.82 Å². The van der Waals surface area contributed by atoms with Crippen molar-refractivity contribution in [1.82, 2.24) is 9.88 Å². The Morgan fingerprint density at radius 3 is 2.27 bits per heavy atom. The van der Waals surface area contributed by atoms with E-state index in [1.165, 1.54) is 0 Å². The number of nitrogen functional groups attached to an aromatic ring is 1. The van der Waals surface area contributed by atoms with Crippen LogP contribution in [0.1, 0.15) is 102 Å². The van der Waals surface area contributed by atoms with Crippen LogP contribution in [0.4, 0.5) is 10.2 Å². The van der Waals surface area contributed by atoms with E-state index in [0.29, 0.717) is 60.4 Å². The Balaban J connectivity index is 0.000000454. The third-order valence-corrected chi connectivity index (χ3v) is 8.11. The van der Waals surface area contributed by atoms with Crippen molar-refractivity contribution in [2.75, 3.05) is 18.8 Å². The van der Waals surface area contributed by atoms with E-state index in [9.17, 15) is 19.5 Å². The Kier molecular flexibility index (Phi) is 13.7. The van der Waals surface area contributed by atoms with Gasteiger partial charge >= 0.3 is 0 Å². The fourth-order valence-corrected chi connectivity index (χ4v) is 4.71. The smallest absolute Gasteiger partial charge is 0.166 e. The molecule has 3 N–H and O–H groups in total. The van der Waals surface area contributed by atoms with Gasteiger partial charge in [0, 0.05) is 61.0 Å². The second kappa shape index (κ2) is 16.5. The van der Waals surface area contributed by atoms with Crippen molar-refractivity contribution in [3.05, 3.63) is 46.8 Å². The number of anilines is 1. The van der Waals surface area contributed by atoms with Crippen molar-refractivity contribution in [2.24, 2.45) is 11.8 Å². The molecule has 0 radical (unpaired) electrons. The number of carbonyl (C=O) groups is 3. The van der Waals surface area contributed by atoms with Crippen LogP contribution >= 0.6 is 0 Å². The highest BCUT2D eigenvalue weighted by Crippen LogP contribution is 2.30. The second-order valence-electron chi connectivity index (χ2n) is 11.2. The Bertz CT molecular complexity index is 1190. The molecule has 1 fully saturated rings. The fraction of sp³-hybridized carbons (Fsp3) is 0.576. The van der Waals surface area contributed by atoms with E-state index in [1.54, 1.807) is 25.1 Å². The van der Waals surface area contributed by atoms with Crippen molar-refractivity contribution in [3.63, 3.8) is 0 Å². The average molecular weight is 570 g/mol. The fourth-order valence-electron chi connectivity index (χ4n) is 4.71. The molecule has 1 aromatic carbocycles. The van der Waals surface area contributed by atoms with Crippen molar-refractivity contribution >= 4 is 23.2 Å². The van der Waals surface area contributed by atoms with E-state index in [1.807, 2.05) is 40.7 Å². The number of pyridine rings is 1. The van der Waals surface area contributed by atoms with Gasteiger partial charge in [0.25, 0.3) is 0 Å². The number of nitrogens with zero attached hydrogens (tertiary/aromatic N) is 2. The van der Waals surface area contributed by atoms with E-state index in [-0.39, 0.29) is 35.3 Å². The summed E-state index contributed by atoms with van der Waals surface area (Å²) < 4.78 is 15.3. The van der Waals surface area contributed by atoms with E-state index in [4.69, 9.17) is 5.73 Å². The zero-order valence-corrected chi connectivity index (χ0v) is 25.6. The first-order valence-corrected chi connectivity index (χ1v) is 15.0. The van der Waals surface area contributed by atoms with Crippen LogP contribution in [0.15, 0.2) is 24.3 Å². The molecular weight excluding hydrogens is 521 g/mol. The van der Waals surface area contributed by atoms with Gasteiger partial charge in [0.15, 0.2) is 5.78 Å². The number of carbonyl (C=O) groups excluding carboxylic acids is 3. The molecule has 2 heterocycles. The summed E-state index contributed by atoms with van der Waals surface area (Å²) in [7, 11) is 0. The third-order valence-electron chi connectivity index (χ3n) is 8.11. The lowest BCUT2D eigenvalue weighted by Gasteiger charge is -2.29. The maximum atomic E-state index is 15.3. The monoisotopic (exact) mass is 569 g/mol. The van der Waals surface area contributed by atoms with Gasteiger partial charge in [-0.2, -0.15) is 0 Å². The van der Waals surface area contributed by atoms with Gasteiger partial charge in [0.1, 0.15) is 23.2 Å². The van der Waals surface area contributed by atoms with Crippen LogP contribution in [-0.4, -0.2) is 51.5 Å². The van der Waals surface area contributed by atoms with Gasteiger partial charge in [-0.05, 0) is 56.7 Å². The minimum absolute atomic E-state index is 0.0192. The molecule has 1 saturated heterocycles. The lowest BCUT2D eigenvalue weighted by molar-refractivity contribution is -0.121. The molecule has 2 atom stereocenters. The summed E-state index contributed by atoms with van der Waals surface area (Å²) in [5, 5.41) is 9.66. The van der Waals surface area contributed by atoms with Gasteiger partial charge < -0.3 is 10.8 Å². The highest BCUT2D eigenvalue weighted by Gasteiger charge is 2.22. The largest absolute Gasteiger partial charge is 0.393 e. The quantitative estimate of drug-likeness (QED) is 0.293. The van der Waals surface area contributed by atoms with Gasteiger partial charge in [-0.1, -0.05) is 46.8 Å². The number of likely N-dealkylation sites (tertiary alicyclic amines) is 1. The summed E-state index contributed by atoms with van der Waals surface area (Å²) in [6.07, 6.45) is 4.32. The molecule has 226 valence electrons. The summed E-state index contributed by atoms with van der Waals surface area (Å²) in [5.41, 5.74) is 8.84. The molecule has 2 aromatic rings. The number of aromatic nitrogens is 1. The Labute approximate surface area is 244 Å². The second-order valence-corrected chi connectivity index (χ2v) is 11.2. The molecule has 0 aliphatic carbocycles. The molecule has 0 amide bonds. The number of nitrogens with two attached hydrogens (primary N) is 1. The van der Waals surface area contributed by atoms with Crippen LogP contribution in [0.2, 0.25) is 0 Å². The topological polar surface area (TPSA) is 114 Å². The average Bonchev–Trinajstić information content (AvgIpc) is 2.97. The van der Waals surface area contributed by atoms with E-state index in [2.05, 4.69) is 9.88 Å². The highest BCUT2D eigenvalue weighted by atomic mass is 19.1. The number of Topliss-reactive ketones (excluding diaryl/α,β-unsaturated/α-hetero) is 3. The van der Waals surface area contributed by atoms with Gasteiger partial charge in [-0.15, -0.1) is 0 Å². The SMILES string of the molecule is CCC(=O)CCC(C)C(C)=O.CCc1c(C(=O)C(C)CC)ccc(-c2ccc(CN3CCC(O)CC3)c(N)n2)c1F. The Morgan fingerprint density at radius 1 is 1.07 bits per heavy atom. The number of aliphatic hydroxyl groups is 1. The summed E-state index contributed by atoms with van der Waals surface area (Å²) in [4.78, 5) is 40.9. The maximum Gasteiger partial charge on any atom is 0.166 e. The molecule has 3 rings (SSSR count). The highest BCUT2D eigenvalue weighted by molar-refractivity contribution is 5.99. The van der Waals surface area contributed by atoms with Crippen LogP contribution in [-0.2, 0) is 22.6 Å². The molecule has 0 saturated carbocycles. The first-order chi connectivity index (χ1) is 19.4. The molecular formula is C33H48FN3O4. The van der Waals surface area contributed by atoms with Crippen molar-refractivity contribution < 1.29 is 23.9 Å². The number of rotatable bonds is 12. The predicted molar refractivity (Wildman–Crippen MR) is 162 cm³/mol. The molecule has 2 unspecified atom stereocenters. The van der Waals surface area contributed by atoms with Crippen LogP contribution in [0, 0.1) is 17.7 Å². The summed E-state index contributed by atoms with van der Waals surface area (Å²) in [5.74, 6) is 0.309. The third kappa shape index (κ3) is 9.82. The van der Waals surface area contributed by atoms with E-state index >= 15 is 4.39 Å². The summed E-state index contributed by atoms with van der Waals surface area (Å²) >= 11 is 0. The first-order valence-electron chi connectivity index (χ1n) is 15.0. The van der Waals surface area contributed by atoms with Gasteiger partial charge in [-0.25, -0.2) is 9.37 Å². The Morgan fingerprint density at radius 2 is 1.73 bits per heavy atom. The number of hydrogen-bond donors (Lipinski definition) is 2. The molecule has 0 spiro atoms. The minimum Gasteiger partial charge on any atom is -0.393 e. The van der Waals surface area contributed by atoms with Crippen LogP contribution < -0.4 is 5.73 Å². The first kappa shape index (κ1) is 34.2. The lowest BCUT2D eigenvalue weighted by atomic mass is 9.90. The molecule has 7 nitrogen and oxygen atoms in total. The molecule has 1 aliphatic heterocycles. The number of halogens is 1. The lowest BCUT2D eigenvalue weighted by Crippen LogP contribution is -2.35. The van der Waals surface area contributed by atoms with Crippen molar-refractivity contribution in [2.45, 2.75) is 99.1 Å². The zero-order chi connectivity index (χ0) is 30.7. The summed E-state index contributed by atoms with van der Waals surface area (Å²) in [6, 6.07) is 7.04. The Hall–Kier alpha value is -2.97. The normalized spacial score (nSPS) is 15.5. The molecule has 41 heavy (non-hydrogen) atoms. The number of aliphatic hydroxyl groups excluding tert-OH is 1. The standard InChI is InChI=1S/C24H32FN3O2.C9H16O2/c1-4-15(3)23(30)19-7-8-20(22(25)18(19)5-2)21-9-6-16(24(26)27-21)14-28-12-10-17(29)11-13-28;1-4-9(11)6-5-7(2)8(3)10/h6-9,15,17,29H,4-5,10-14H2,1-3H3,(H2,26,27);7H,4-6H2,1-3H3. The van der Waals surface area contributed by atoms with Gasteiger partial charge in [0.05, 0.1) is 11.8 Å². The van der Waals surface area contributed by atoms with Gasteiger partial charge in [0.2, 0.25) is 0 Å².